The van der Waals surface area contributed by atoms with E-state index >= 15 is 0 Å². The summed E-state index contributed by atoms with van der Waals surface area (Å²) in [4.78, 5) is 14.4. The molecule has 0 radical (unpaired) electrons. The second-order valence-electron chi connectivity index (χ2n) is 3.95. The fourth-order valence-corrected chi connectivity index (χ4v) is 1.82. The number of halogens is 1. The van der Waals surface area contributed by atoms with Crippen molar-refractivity contribution in [2.24, 2.45) is 0 Å². The topological polar surface area (TPSA) is 41.1 Å². The molecule has 1 aromatic carbocycles. The van der Waals surface area contributed by atoms with Gasteiger partial charge in [0.1, 0.15) is 6.04 Å². The number of hydrogen-bond donors (Lipinski definition) is 2. The average Bonchev–Trinajstić information content (AvgIpc) is 2.37. The van der Waals surface area contributed by atoms with Gasteiger partial charge < -0.3 is 5.32 Å². The van der Waals surface area contributed by atoms with Crippen LogP contribution >= 0.6 is 11.8 Å². The molecule has 0 saturated heterocycles. The van der Waals surface area contributed by atoms with Gasteiger partial charge >= 0.3 is 0 Å². The minimum Gasteiger partial charge on any atom is -0.354 e. The second-order valence-corrected chi connectivity index (χ2v) is 4.17. The van der Waals surface area contributed by atoms with Gasteiger partial charge in [0.25, 0.3) is 0 Å². The second kappa shape index (κ2) is 8.09. The van der Waals surface area contributed by atoms with Gasteiger partial charge in [0, 0.05) is 6.54 Å². The molecular weight excluding hydrogens is 236 g/mol. The Morgan fingerprint density at radius 2 is 2.00 bits per heavy atom. The van der Waals surface area contributed by atoms with Gasteiger partial charge in [0.05, 0.1) is 0 Å². The van der Waals surface area contributed by atoms with Crippen LogP contribution in [0.4, 0.5) is 0 Å². The summed E-state index contributed by atoms with van der Waals surface area (Å²) in [6.07, 6.45) is 3.28. The summed E-state index contributed by atoms with van der Waals surface area (Å²) in [7, 11) is 0. The Balaban J connectivity index is 2.48. The van der Waals surface area contributed by atoms with E-state index in [1.54, 1.807) is 0 Å². The molecular formula is C13H19ClN2O. The lowest BCUT2D eigenvalue weighted by Crippen LogP contribution is -2.34. The number of carbonyl (C=O) groups excluding carboxylic acids is 1. The summed E-state index contributed by atoms with van der Waals surface area (Å²) in [5, 5.41) is 2.88. The maximum atomic E-state index is 11.9. The molecule has 0 aliphatic rings. The van der Waals surface area contributed by atoms with Gasteiger partial charge in [-0.3, -0.25) is 4.79 Å². The maximum Gasteiger partial charge on any atom is 0.242 e. The third-order valence-corrected chi connectivity index (χ3v) is 2.80. The molecule has 0 saturated carbocycles. The lowest BCUT2D eigenvalue weighted by molar-refractivity contribution is -0.122. The van der Waals surface area contributed by atoms with Crippen molar-refractivity contribution in [1.29, 1.82) is 0 Å². The fourth-order valence-electron chi connectivity index (χ4n) is 1.60. The Hall–Kier alpha value is -1.06. The molecule has 94 valence electrons. The lowest BCUT2D eigenvalue weighted by Gasteiger charge is -2.14. The van der Waals surface area contributed by atoms with Crippen molar-refractivity contribution < 1.29 is 4.79 Å². The van der Waals surface area contributed by atoms with Crippen LogP contribution < -0.4 is 10.2 Å². The summed E-state index contributed by atoms with van der Waals surface area (Å²) in [6, 6.07) is 8.96. The molecule has 0 aromatic heterocycles. The highest BCUT2D eigenvalue weighted by molar-refractivity contribution is 6.15. The maximum absolute atomic E-state index is 11.9. The predicted octanol–water partition coefficient (Wildman–Crippen LogP) is 2.78. The van der Waals surface area contributed by atoms with Crippen molar-refractivity contribution in [1.82, 2.24) is 10.2 Å². The first-order valence-electron chi connectivity index (χ1n) is 5.98. The molecule has 0 heterocycles. The van der Waals surface area contributed by atoms with Gasteiger partial charge in [0.2, 0.25) is 5.91 Å². The van der Waals surface area contributed by atoms with E-state index in [1.807, 2.05) is 30.3 Å². The van der Waals surface area contributed by atoms with Gasteiger partial charge in [-0.05, 0) is 23.8 Å². The zero-order chi connectivity index (χ0) is 12.5. The Morgan fingerprint density at radius 3 is 2.59 bits per heavy atom. The molecule has 1 aromatic rings. The third kappa shape index (κ3) is 4.75. The average molecular weight is 255 g/mol. The van der Waals surface area contributed by atoms with Crippen LogP contribution in [0.25, 0.3) is 0 Å². The summed E-state index contributed by atoms with van der Waals surface area (Å²) >= 11 is 5.63. The van der Waals surface area contributed by atoms with Gasteiger partial charge in [-0.2, -0.15) is 0 Å². The molecule has 17 heavy (non-hydrogen) atoms. The normalized spacial score (nSPS) is 12.1. The quantitative estimate of drug-likeness (QED) is 0.580. The van der Waals surface area contributed by atoms with Crippen LogP contribution in [-0.2, 0) is 4.79 Å². The molecule has 0 aliphatic heterocycles. The largest absolute Gasteiger partial charge is 0.354 e. The van der Waals surface area contributed by atoms with Gasteiger partial charge in [-0.1, -0.05) is 50.1 Å². The van der Waals surface area contributed by atoms with Crippen LogP contribution in [-0.4, -0.2) is 12.5 Å². The monoisotopic (exact) mass is 254 g/mol. The molecule has 3 nitrogen and oxygen atoms in total. The van der Waals surface area contributed by atoms with Crippen LogP contribution in [0.15, 0.2) is 30.3 Å². The lowest BCUT2D eigenvalue weighted by atomic mass is 10.1. The predicted molar refractivity (Wildman–Crippen MR) is 70.7 cm³/mol. The number of amides is 1. The highest BCUT2D eigenvalue weighted by Crippen LogP contribution is 2.13. The Morgan fingerprint density at radius 1 is 1.29 bits per heavy atom. The molecule has 1 rings (SSSR count). The number of benzene rings is 1. The number of carbonyl (C=O) groups is 1. The highest BCUT2D eigenvalue weighted by Gasteiger charge is 2.18. The Labute approximate surface area is 108 Å². The van der Waals surface area contributed by atoms with Crippen molar-refractivity contribution in [2.75, 3.05) is 6.54 Å². The first-order valence-corrected chi connectivity index (χ1v) is 6.36. The van der Waals surface area contributed by atoms with Gasteiger partial charge in [-0.15, -0.1) is 0 Å². The molecule has 1 unspecified atom stereocenters. The first kappa shape index (κ1) is 14.0. The van der Waals surface area contributed by atoms with E-state index in [0.29, 0.717) is 6.54 Å². The van der Waals surface area contributed by atoms with Crippen molar-refractivity contribution >= 4 is 17.7 Å². The molecule has 2 N–H and O–H groups in total. The van der Waals surface area contributed by atoms with E-state index in [0.717, 1.165) is 24.8 Å². The van der Waals surface area contributed by atoms with Crippen LogP contribution in [0.3, 0.4) is 0 Å². The summed E-state index contributed by atoms with van der Waals surface area (Å²) < 4.78 is 0. The van der Waals surface area contributed by atoms with Crippen LogP contribution in [0.5, 0.6) is 0 Å². The molecule has 0 aliphatic carbocycles. The number of hydrogen-bond acceptors (Lipinski definition) is 2. The van der Waals surface area contributed by atoms with Crippen molar-refractivity contribution in [2.45, 2.75) is 32.2 Å². The summed E-state index contributed by atoms with van der Waals surface area (Å²) in [5.74, 6) is -0.0812. The molecule has 1 amide bonds. The number of nitrogens with one attached hydrogen (secondary N) is 2. The van der Waals surface area contributed by atoms with E-state index in [4.69, 9.17) is 11.8 Å². The molecule has 0 spiro atoms. The number of unbranched alkanes of at least 4 members (excludes halogenated alkanes) is 2. The standard InChI is InChI=1S/C13H19ClN2O/c1-2-3-7-10-15-13(17)12(16-14)11-8-5-4-6-9-11/h4-6,8-9,12,16H,2-3,7,10H2,1H3,(H,15,17). The van der Waals surface area contributed by atoms with E-state index in [-0.39, 0.29) is 5.91 Å². The van der Waals surface area contributed by atoms with Crippen molar-refractivity contribution in [3.8, 4) is 0 Å². The molecule has 0 fully saturated rings. The third-order valence-electron chi connectivity index (χ3n) is 2.58. The van der Waals surface area contributed by atoms with Crippen LogP contribution in [0.2, 0.25) is 0 Å². The van der Waals surface area contributed by atoms with Crippen molar-refractivity contribution in [3.05, 3.63) is 35.9 Å². The van der Waals surface area contributed by atoms with E-state index in [1.165, 1.54) is 0 Å². The van der Waals surface area contributed by atoms with E-state index in [2.05, 4.69) is 17.1 Å². The van der Waals surface area contributed by atoms with Crippen LogP contribution in [0, 0.1) is 0 Å². The van der Waals surface area contributed by atoms with Gasteiger partial charge in [0.15, 0.2) is 0 Å². The zero-order valence-electron chi connectivity index (χ0n) is 10.1. The Kier molecular flexibility index (Phi) is 6.67. The van der Waals surface area contributed by atoms with Gasteiger partial charge in [-0.25, -0.2) is 4.84 Å². The minimum absolute atomic E-state index is 0.0812. The Bertz CT molecular complexity index is 329. The number of rotatable bonds is 7. The highest BCUT2D eigenvalue weighted by atomic mass is 35.5. The SMILES string of the molecule is CCCCCNC(=O)C(NCl)c1ccccc1. The molecule has 0 bridgehead atoms. The van der Waals surface area contributed by atoms with E-state index in [9.17, 15) is 4.79 Å². The van der Waals surface area contributed by atoms with Crippen LogP contribution in [0.1, 0.15) is 37.8 Å². The molecule has 1 atom stereocenters. The fraction of sp³-hybridized carbons (Fsp3) is 0.462. The summed E-state index contributed by atoms with van der Waals surface area (Å²) in [6.45, 7) is 2.84. The van der Waals surface area contributed by atoms with Crippen molar-refractivity contribution in [3.63, 3.8) is 0 Å². The minimum atomic E-state index is -0.487. The summed E-state index contributed by atoms with van der Waals surface area (Å²) in [5.41, 5.74) is 0.871. The zero-order valence-corrected chi connectivity index (χ0v) is 10.8. The molecule has 4 heteroatoms. The van der Waals surface area contributed by atoms with E-state index < -0.39 is 6.04 Å². The first-order chi connectivity index (χ1) is 8.29. The smallest absolute Gasteiger partial charge is 0.242 e.